The Labute approximate surface area is 104 Å². The van der Waals surface area contributed by atoms with Gasteiger partial charge in [0.25, 0.3) is 0 Å². The lowest BCUT2D eigenvalue weighted by Gasteiger charge is -2.34. The van der Waals surface area contributed by atoms with Crippen molar-refractivity contribution in [3.63, 3.8) is 0 Å². The van der Waals surface area contributed by atoms with Crippen LogP contribution >= 0.6 is 0 Å². The van der Waals surface area contributed by atoms with Crippen LogP contribution in [0.25, 0.3) is 0 Å². The highest BCUT2D eigenvalue weighted by Gasteiger charge is 2.34. The van der Waals surface area contributed by atoms with E-state index in [1.807, 2.05) is 42.5 Å². The topological polar surface area (TPSA) is 46.2 Å². The van der Waals surface area contributed by atoms with E-state index in [0.29, 0.717) is 12.2 Å². The van der Waals surface area contributed by atoms with Gasteiger partial charge in [0.1, 0.15) is 11.3 Å². The smallest absolute Gasteiger partial charge is 0.346 e. The number of hydrogen-bond acceptors (Lipinski definition) is 3. The molecular weight excluding hydrogens is 228 g/mol. The summed E-state index contributed by atoms with van der Waals surface area (Å²) in [5.41, 5.74) is 2.62. The van der Waals surface area contributed by atoms with Crippen molar-refractivity contribution < 1.29 is 14.8 Å². The number of hydrogen-bond donors (Lipinski definition) is 1. The third kappa shape index (κ3) is 1.15. The van der Waals surface area contributed by atoms with Crippen molar-refractivity contribution in [2.24, 2.45) is 0 Å². The zero-order chi connectivity index (χ0) is 12.1. The number of fused-ring (bicyclic) bond motifs is 2. The van der Waals surface area contributed by atoms with E-state index >= 15 is 0 Å². The summed E-state index contributed by atoms with van der Waals surface area (Å²) in [6.45, 7) is 0.600. The molecule has 0 unspecified atom stereocenters. The molecule has 2 aromatic rings. The molecule has 0 fully saturated rings. The fourth-order valence-electron chi connectivity index (χ4n) is 2.56. The molecule has 1 amide bonds. The largest absolute Gasteiger partial charge is 0.453 e. The highest BCUT2D eigenvalue weighted by Crippen LogP contribution is 2.47. The molecule has 0 saturated heterocycles. The van der Waals surface area contributed by atoms with E-state index in [4.69, 9.17) is 4.74 Å². The summed E-state index contributed by atoms with van der Waals surface area (Å²) in [4.78, 5) is 14.0. The lowest BCUT2D eigenvalue weighted by atomic mass is 10.1. The number of quaternary nitrogens is 1. The Balaban J connectivity index is 2.01. The van der Waals surface area contributed by atoms with Gasteiger partial charge in [-0.3, -0.25) is 10.2 Å². The number of primary amides is 1. The van der Waals surface area contributed by atoms with Crippen LogP contribution in [0.15, 0.2) is 42.5 Å². The highest BCUT2D eigenvalue weighted by molar-refractivity contribution is 5.99. The molecule has 2 aliphatic rings. The first kappa shape index (κ1) is 9.67. The third-order valence-corrected chi connectivity index (χ3v) is 3.37. The monoisotopic (exact) mass is 239 g/mol. The molecule has 88 valence electrons. The Bertz CT molecular complexity index is 667. The maximum Gasteiger partial charge on any atom is 0.346 e. The van der Waals surface area contributed by atoms with E-state index in [1.54, 1.807) is 5.32 Å². The van der Waals surface area contributed by atoms with E-state index < -0.39 is 0 Å². The second-order valence-corrected chi connectivity index (χ2v) is 4.40. The number of benzene rings is 2. The van der Waals surface area contributed by atoms with Crippen LogP contribution < -0.4 is 15.0 Å². The van der Waals surface area contributed by atoms with E-state index in [9.17, 15) is 4.79 Å². The molecular formula is C14H11N2O2+. The second kappa shape index (κ2) is 3.34. The molecule has 0 spiro atoms. The van der Waals surface area contributed by atoms with Crippen molar-refractivity contribution in [2.75, 3.05) is 11.6 Å². The molecule has 0 radical (unpaired) electrons. The Morgan fingerprint density at radius 3 is 2.83 bits per heavy atom. The molecule has 0 aromatic heterocycles. The van der Waals surface area contributed by atoms with Gasteiger partial charge in [0.15, 0.2) is 18.2 Å². The van der Waals surface area contributed by atoms with Crippen LogP contribution in [0.4, 0.5) is 11.4 Å². The van der Waals surface area contributed by atoms with E-state index in [0.717, 1.165) is 22.9 Å². The normalized spacial score (nSPS) is 15.8. The van der Waals surface area contributed by atoms with Gasteiger partial charge < -0.3 is 4.74 Å². The van der Waals surface area contributed by atoms with Gasteiger partial charge >= 0.3 is 5.91 Å². The van der Waals surface area contributed by atoms with Gasteiger partial charge in [0.05, 0.1) is 5.69 Å². The minimum atomic E-state index is 0.0751. The second-order valence-electron chi connectivity index (χ2n) is 4.40. The standard InChI is InChI=1S/C14H10N2O2/c17-14-9-4-3-7-12-13(9)16(8-15-14)10-5-1-2-6-11(10)18-12/h1-7H,8H2,(H,15,17)/p+1. The minimum absolute atomic E-state index is 0.0751. The fraction of sp³-hybridized carbons (Fsp3) is 0.0714. The number of rotatable bonds is 0. The van der Waals surface area contributed by atoms with Crippen molar-refractivity contribution in [2.45, 2.75) is 0 Å². The predicted octanol–water partition coefficient (Wildman–Crippen LogP) is 1.61. The van der Waals surface area contributed by atoms with Gasteiger partial charge in [-0.1, -0.05) is 18.2 Å². The molecule has 0 bridgehead atoms. The predicted molar refractivity (Wildman–Crippen MR) is 66.2 cm³/mol. The Kier molecular flexibility index (Phi) is 1.79. The Hall–Kier alpha value is -2.33. The average molecular weight is 239 g/mol. The summed E-state index contributed by atoms with van der Waals surface area (Å²) in [6, 6.07) is 13.5. The summed E-state index contributed by atoms with van der Waals surface area (Å²) >= 11 is 0. The molecule has 4 rings (SSSR count). The molecule has 0 atom stereocenters. The number of ether oxygens (including phenoxy) is 1. The quantitative estimate of drug-likeness (QED) is 0.759. The van der Waals surface area contributed by atoms with Gasteiger partial charge in [-0.15, -0.1) is 0 Å². The summed E-state index contributed by atoms with van der Waals surface area (Å²) in [5, 5.41) is 1.72. The molecule has 18 heavy (non-hydrogen) atoms. The zero-order valence-corrected chi connectivity index (χ0v) is 9.59. The molecule has 2 N–H and O–H groups in total. The fourth-order valence-corrected chi connectivity index (χ4v) is 2.56. The molecule has 0 aliphatic carbocycles. The number of amides is 1. The molecule has 2 heterocycles. The SMILES string of the molecule is O=C1[NH2+]CN2c3ccccc3Oc3cccc1c32. The number of anilines is 2. The Morgan fingerprint density at radius 1 is 1.06 bits per heavy atom. The van der Waals surface area contributed by atoms with Crippen LogP contribution in [0.3, 0.4) is 0 Å². The van der Waals surface area contributed by atoms with Crippen molar-refractivity contribution in [1.29, 1.82) is 0 Å². The first-order chi connectivity index (χ1) is 8.84. The van der Waals surface area contributed by atoms with Gasteiger partial charge in [-0.05, 0) is 24.3 Å². The van der Waals surface area contributed by atoms with Gasteiger partial charge in [-0.25, -0.2) is 4.79 Å². The van der Waals surface area contributed by atoms with E-state index in [2.05, 4.69) is 4.90 Å². The molecule has 4 nitrogen and oxygen atoms in total. The van der Waals surface area contributed by atoms with Crippen molar-refractivity contribution in [3.8, 4) is 11.5 Å². The van der Waals surface area contributed by atoms with Crippen molar-refractivity contribution in [1.82, 2.24) is 0 Å². The van der Waals surface area contributed by atoms with Crippen LogP contribution in [0, 0.1) is 0 Å². The van der Waals surface area contributed by atoms with E-state index in [-0.39, 0.29) is 5.91 Å². The van der Waals surface area contributed by atoms with Gasteiger partial charge in [-0.2, -0.15) is 0 Å². The highest BCUT2D eigenvalue weighted by atomic mass is 16.5. The summed E-state index contributed by atoms with van der Waals surface area (Å²) in [6.07, 6.45) is 0. The minimum Gasteiger partial charge on any atom is -0.453 e. The molecule has 0 saturated carbocycles. The molecule has 2 aromatic carbocycles. The molecule has 2 aliphatic heterocycles. The number of nitrogens with zero attached hydrogens (tertiary/aromatic N) is 1. The van der Waals surface area contributed by atoms with Crippen LogP contribution in [0.5, 0.6) is 11.5 Å². The maximum atomic E-state index is 11.9. The number of carbonyl (C=O) groups is 1. The van der Waals surface area contributed by atoms with Crippen LogP contribution in [0.1, 0.15) is 10.4 Å². The summed E-state index contributed by atoms with van der Waals surface area (Å²) in [7, 11) is 0. The van der Waals surface area contributed by atoms with Crippen molar-refractivity contribution in [3.05, 3.63) is 48.0 Å². The lowest BCUT2D eigenvalue weighted by molar-refractivity contribution is -0.554. The number of carbonyl (C=O) groups excluding carboxylic acids is 1. The zero-order valence-electron chi connectivity index (χ0n) is 9.59. The summed E-state index contributed by atoms with van der Waals surface area (Å²) < 4.78 is 5.86. The Morgan fingerprint density at radius 2 is 1.89 bits per heavy atom. The van der Waals surface area contributed by atoms with Crippen molar-refractivity contribution >= 4 is 17.3 Å². The van der Waals surface area contributed by atoms with Gasteiger partial charge in [0, 0.05) is 0 Å². The maximum absolute atomic E-state index is 11.9. The third-order valence-electron chi connectivity index (χ3n) is 3.37. The van der Waals surface area contributed by atoms with Crippen LogP contribution in [0.2, 0.25) is 0 Å². The summed E-state index contributed by atoms with van der Waals surface area (Å²) in [5.74, 6) is 1.67. The van der Waals surface area contributed by atoms with Crippen LogP contribution in [-0.4, -0.2) is 12.6 Å². The van der Waals surface area contributed by atoms with Crippen LogP contribution in [-0.2, 0) is 0 Å². The lowest BCUT2D eigenvalue weighted by Crippen LogP contribution is -2.92. The van der Waals surface area contributed by atoms with Gasteiger partial charge in [0.2, 0.25) is 0 Å². The average Bonchev–Trinajstić information content (AvgIpc) is 2.42. The first-order valence-corrected chi connectivity index (χ1v) is 5.89. The number of nitrogens with two attached hydrogens (primary N) is 1. The first-order valence-electron chi connectivity index (χ1n) is 5.89. The number of para-hydroxylation sites is 3. The molecule has 4 heteroatoms. The van der Waals surface area contributed by atoms with E-state index in [1.165, 1.54) is 0 Å².